The molecule has 1 rings (SSSR count). The highest BCUT2D eigenvalue weighted by molar-refractivity contribution is 5.80. The first-order valence-electron chi connectivity index (χ1n) is 5.16. The lowest BCUT2D eigenvalue weighted by Crippen LogP contribution is -2.47. The molecule has 0 amide bonds. The molecule has 0 bridgehead atoms. The zero-order valence-corrected chi connectivity index (χ0v) is 8.98. The van der Waals surface area contributed by atoms with Gasteiger partial charge in [0.1, 0.15) is 0 Å². The summed E-state index contributed by atoms with van der Waals surface area (Å²) < 4.78 is 0. The van der Waals surface area contributed by atoms with Crippen molar-refractivity contribution in [1.82, 2.24) is 10.6 Å². The van der Waals surface area contributed by atoms with Crippen molar-refractivity contribution in [2.45, 2.75) is 33.6 Å². The lowest BCUT2D eigenvalue weighted by Gasteiger charge is -2.29. The normalized spacial score (nSPS) is 20.4. The number of hydrogen-bond donors (Lipinski definition) is 2. The van der Waals surface area contributed by atoms with Crippen molar-refractivity contribution in [1.29, 1.82) is 0 Å². The standard InChI is InChI=1S/C10H21N3/c1-4-5-6-11-9-12-7-10(2,3)8-13-9/h4-8H2,1-3H3,(H2,11,12,13). The van der Waals surface area contributed by atoms with Crippen molar-refractivity contribution in [3.63, 3.8) is 0 Å². The Morgan fingerprint density at radius 2 is 2.31 bits per heavy atom. The van der Waals surface area contributed by atoms with Gasteiger partial charge in [0, 0.05) is 25.0 Å². The van der Waals surface area contributed by atoms with Gasteiger partial charge < -0.3 is 10.6 Å². The van der Waals surface area contributed by atoms with Gasteiger partial charge in [-0.1, -0.05) is 27.2 Å². The van der Waals surface area contributed by atoms with Gasteiger partial charge in [0.2, 0.25) is 0 Å². The Bertz CT molecular complexity index is 185. The molecule has 3 nitrogen and oxygen atoms in total. The van der Waals surface area contributed by atoms with Crippen LogP contribution in [0.1, 0.15) is 33.6 Å². The summed E-state index contributed by atoms with van der Waals surface area (Å²) in [5.41, 5.74) is 0.315. The second kappa shape index (κ2) is 4.49. The van der Waals surface area contributed by atoms with E-state index in [1.807, 2.05) is 0 Å². The molecule has 1 heterocycles. The molecule has 0 fully saturated rings. The Kier molecular flexibility index (Phi) is 3.58. The maximum absolute atomic E-state index is 4.45. The summed E-state index contributed by atoms with van der Waals surface area (Å²) in [6.45, 7) is 9.63. The first-order valence-corrected chi connectivity index (χ1v) is 5.16. The van der Waals surface area contributed by atoms with Crippen LogP contribution in [-0.2, 0) is 0 Å². The summed E-state index contributed by atoms with van der Waals surface area (Å²) in [5.74, 6) is 0.979. The number of rotatable bonds is 3. The van der Waals surface area contributed by atoms with Crippen LogP contribution in [0, 0.1) is 5.41 Å². The van der Waals surface area contributed by atoms with Crippen molar-refractivity contribution < 1.29 is 0 Å². The fourth-order valence-electron chi connectivity index (χ4n) is 1.23. The highest BCUT2D eigenvalue weighted by atomic mass is 15.2. The van der Waals surface area contributed by atoms with E-state index in [0.29, 0.717) is 5.41 Å². The molecule has 0 aliphatic carbocycles. The fraction of sp³-hybridized carbons (Fsp3) is 0.900. The topological polar surface area (TPSA) is 36.4 Å². The molecule has 0 atom stereocenters. The number of nitrogens with zero attached hydrogens (tertiary/aromatic N) is 1. The SMILES string of the molecule is CCCCNC1=NCC(C)(C)CN1. The van der Waals surface area contributed by atoms with Crippen LogP contribution < -0.4 is 10.6 Å². The smallest absolute Gasteiger partial charge is 0.191 e. The van der Waals surface area contributed by atoms with E-state index < -0.39 is 0 Å². The molecule has 0 radical (unpaired) electrons. The van der Waals surface area contributed by atoms with Crippen LogP contribution in [0.4, 0.5) is 0 Å². The third-order valence-electron chi connectivity index (χ3n) is 2.22. The van der Waals surface area contributed by atoms with Crippen LogP contribution in [0.2, 0.25) is 0 Å². The zero-order valence-electron chi connectivity index (χ0n) is 8.98. The van der Waals surface area contributed by atoms with E-state index in [4.69, 9.17) is 0 Å². The van der Waals surface area contributed by atoms with Gasteiger partial charge in [-0.15, -0.1) is 0 Å². The lowest BCUT2D eigenvalue weighted by atomic mass is 9.93. The zero-order chi connectivity index (χ0) is 9.73. The largest absolute Gasteiger partial charge is 0.356 e. The van der Waals surface area contributed by atoms with Gasteiger partial charge in [-0.05, 0) is 6.42 Å². The molecular weight excluding hydrogens is 162 g/mol. The van der Waals surface area contributed by atoms with E-state index in [0.717, 1.165) is 25.6 Å². The molecule has 0 aromatic rings. The van der Waals surface area contributed by atoms with Gasteiger partial charge >= 0.3 is 0 Å². The van der Waals surface area contributed by atoms with Gasteiger partial charge in [0.15, 0.2) is 5.96 Å². The van der Waals surface area contributed by atoms with Gasteiger partial charge in [-0.25, -0.2) is 0 Å². The van der Waals surface area contributed by atoms with Gasteiger partial charge in [-0.3, -0.25) is 4.99 Å². The van der Waals surface area contributed by atoms with Gasteiger partial charge in [-0.2, -0.15) is 0 Å². The maximum Gasteiger partial charge on any atom is 0.191 e. The van der Waals surface area contributed by atoms with Crippen molar-refractivity contribution in [3.05, 3.63) is 0 Å². The maximum atomic E-state index is 4.45. The summed E-state index contributed by atoms with van der Waals surface area (Å²) in [6.07, 6.45) is 2.44. The summed E-state index contributed by atoms with van der Waals surface area (Å²) in [5, 5.41) is 6.61. The van der Waals surface area contributed by atoms with Crippen LogP contribution in [0.25, 0.3) is 0 Å². The molecule has 3 heteroatoms. The van der Waals surface area contributed by atoms with Crippen LogP contribution in [0.15, 0.2) is 4.99 Å². The van der Waals surface area contributed by atoms with Crippen LogP contribution in [-0.4, -0.2) is 25.6 Å². The quantitative estimate of drug-likeness (QED) is 0.648. The first-order chi connectivity index (χ1) is 6.14. The molecule has 76 valence electrons. The second-order valence-corrected chi connectivity index (χ2v) is 4.46. The molecular formula is C10H21N3. The van der Waals surface area contributed by atoms with E-state index in [-0.39, 0.29) is 0 Å². The average Bonchev–Trinajstić information content (AvgIpc) is 2.08. The molecule has 0 aromatic heterocycles. The summed E-state index contributed by atoms with van der Waals surface area (Å²) in [7, 11) is 0. The Morgan fingerprint density at radius 1 is 1.54 bits per heavy atom. The molecule has 1 aliphatic heterocycles. The Hall–Kier alpha value is -0.730. The Labute approximate surface area is 81.0 Å². The molecule has 2 N–H and O–H groups in total. The molecule has 13 heavy (non-hydrogen) atoms. The first kappa shape index (κ1) is 10.4. The lowest BCUT2D eigenvalue weighted by molar-refractivity contribution is 0.358. The number of unbranched alkanes of at least 4 members (excludes halogenated alkanes) is 1. The molecule has 0 saturated heterocycles. The Balaban J connectivity index is 2.25. The van der Waals surface area contributed by atoms with E-state index in [9.17, 15) is 0 Å². The van der Waals surface area contributed by atoms with Crippen LogP contribution >= 0.6 is 0 Å². The van der Waals surface area contributed by atoms with Crippen molar-refractivity contribution in [3.8, 4) is 0 Å². The third kappa shape index (κ3) is 3.66. The summed E-state index contributed by atoms with van der Waals surface area (Å²) >= 11 is 0. The molecule has 0 unspecified atom stereocenters. The summed E-state index contributed by atoms with van der Waals surface area (Å²) in [4.78, 5) is 4.45. The van der Waals surface area contributed by atoms with E-state index in [1.165, 1.54) is 12.8 Å². The minimum absolute atomic E-state index is 0.315. The van der Waals surface area contributed by atoms with Crippen LogP contribution in [0.3, 0.4) is 0 Å². The van der Waals surface area contributed by atoms with Crippen molar-refractivity contribution >= 4 is 5.96 Å². The van der Waals surface area contributed by atoms with Gasteiger partial charge in [0.05, 0.1) is 0 Å². The molecule has 1 aliphatic rings. The predicted octanol–water partition coefficient (Wildman–Crippen LogP) is 1.36. The molecule has 0 aromatic carbocycles. The minimum Gasteiger partial charge on any atom is -0.356 e. The molecule has 0 saturated carbocycles. The fourth-order valence-corrected chi connectivity index (χ4v) is 1.23. The van der Waals surface area contributed by atoms with E-state index in [2.05, 4.69) is 36.4 Å². The van der Waals surface area contributed by atoms with Crippen LogP contribution in [0.5, 0.6) is 0 Å². The highest BCUT2D eigenvalue weighted by Crippen LogP contribution is 2.15. The number of hydrogen-bond acceptors (Lipinski definition) is 3. The number of guanidine groups is 1. The average molecular weight is 183 g/mol. The summed E-state index contributed by atoms with van der Waals surface area (Å²) in [6, 6.07) is 0. The number of aliphatic imine (C=N–C) groups is 1. The number of nitrogens with one attached hydrogen (secondary N) is 2. The minimum atomic E-state index is 0.315. The van der Waals surface area contributed by atoms with Gasteiger partial charge in [0.25, 0.3) is 0 Å². The highest BCUT2D eigenvalue weighted by Gasteiger charge is 2.21. The monoisotopic (exact) mass is 183 g/mol. The second-order valence-electron chi connectivity index (χ2n) is 4.46. The third-order valence-corrected chi connectivity index (χ3v) is 2.22. The predicted molar refractivity (Wildman–Crippen MR) is 57.0 cm³/mol. The van der Waals surface area contributed by atoms with E-state index >= 15 is 0 Å². The van der Waals surface area contributed by atoms with Crippen molar-refractivity contribution in [2.24, 2.45) is 10.4 Å². The molecule has 0 spiro atoms. The Morgan fingerprint density at radius 3 is 2.85 bits per heavy atom. The van der Waals surface area contributed by atoms with E-state index in [1.54, 1.807) is 0 Å². The van der Waals surface area contributed by atoms with Crippen molar-refractivity contribution in [2.75, 3.05) is 19.6 Å².